The quantitative estimate of drug-likeness (QED) is 0.566. The van der Waals surface area contributed by atoms with Crippen molar-refractivity contribution in [3.8, 4) is 0 Å². The summed E-state index contributed by atoms with van der Waals surface area (Å²) in [6.45, 7) is 0.909. The molecular formula is C11H14N4O. The number of pyridine rings is 1. The minimum Gasteiger partial charge on any atom is -0.306 e. The number of rotatable bonds is 3. The first-order valence-corrected chi connectivity index (χ1v) is 5.32. The Morgan fingerprint density at radius 1 is 1.56 bits per heavy atom. The summed E-state index contributed by atoms with van der Waals surface area (Å²) in [7, 11) is 0. The van der Waals surface area contributed by atoms with Gasteiger partial charge in [0.1, 0.15) is 0 Å². The minimum absolute atomic E-state index is 0.0668. The molecular weight excluding hydrogens is 204 g/mol. The molecule has 1 fully saturated rings. The van der Waals surface area contributed by atoms with Gasteiger partial charge in [-0.2, -0.15) is 5.10 Å². The van der Waals surface area contributed by atoms with Gasteiger partial charge in [-0.05, 0) is 37.1 Å². The van der Waals surface area contributed by atoms with Gasteiger partial charge in [0.15, 0.2) is 0 Å². The molecule has 1 amide bonds. The molecule has 2 rings (SSSR count). The van der Waals surface area contributed by atoms with Crippen molar-refractivity contribution in [3.63, 3.8) is 0 Å². The molecule has 1 aliphatic heterocycles. The predicted octanol–water partition coefficient (Wildman–Crippen LogP) is 0.284. The number of nitrogens with zero attached hydrogens (tertiary/aromatic N) is 2. The monoisotopic (exact) mass is 218 g/mol. The SMILES string of the molecule is O=C(NN=Cc1ccncc1)[C@H]1CCCN1. The first kappa shape index (κ1) is 10.8. The topological polar surface area (TPSA) is 66.4 Å². The summed E-state index contributed by atoms with van der Waals surface area (Å²) < 4.78 is 0. The van der Waals surface area contributed by atoms with Crippen molar-refractivity contribution >= 4 is 12.1 Å². The Hall–Kier alpha value is -1.75. The number of carbonyl (C=O) groups is 1. The van der Waals surface area contributed by atoms with Crippen molar-refractivity contribution in [2.45, 2.75) is 18.9 Å². The number of carbonyl (C=O) groups excluding carboxylic acids is 1. The Morgan fingerprint density at radius 3 is 3.06 bits per heavy atom. The van der Waals surface area contributed by atoms with E-state index < -0.39 is 0 Å². The fourth-order valence-electron chi connectivity index (χ4n) is 1.61. The molecule has 2 heterocycles. The average Bonchev–Trinajstić information content (AvgIpc) is 2.84. The third-order valence-electron chi connectivity index (χ3n) is 2.47. The van der Waals surface area contributed by atoms with Crippen molar-refractivity contribution in [1.82, 2.24) is 15.7 Å². The van der Waals surface area contributed by atoms with E-state index in [2.05, 4.69) is 20.8 Å². The normalized spacial score (nSPS) is 20.1. The van der Waals surface area contributed by atoms with Crippen molar-refractivity contribution in [2.75, 3.05) is 6.54 Å². The molecule has 1 aliphatic rings. The molecule has 5 nitrogen and oxygen atoms in total. The van der Waals surface area contributed by atoms with E-state index in [9.17, 15) is 4.79 Å². The molecule has 0 aromatic carbocycles. The van der Waals surface area contributed by atoms with Gasteiger partial charge in [0.2, 0.25) is 0 Å². The van der Waals surface area contributed by atoms with Gasteiger partial charge in [-0.25, -0.2) is 5.43 Å². The number of nitrogens with one attached hydrogen (secondary N) is 2. The van der Waals surface area contributed by atoms with Crippen molar-refractivity contribution in [2.24, 2.45) is 5.10 Å². The largest absolute Gasteiger partial charge is 0.306 e. The highest BCUT2D eigenvalue weighted by atomic mass is 16.2. The fourth-order valence-corrected chi connectivity index (χ4v) is 1.61. The van der Waals surface area contributed by atoms with Crippen LogP contribution in [0, 0.1) is 0 Å². The average molecular weight is 218 g/mol. The number of hydrogen-bond donors (Lipinski definition) is 2. The number of hydrogen-bond acceptors (Lipinski definition) is 4. The summed E-state index contributed by atoms with van der Waals surface area (Å²) >= 11 is 0. The Balaban J connectivity index is 1.82. The van der Waals surface area contributed by atoms with Crippen LogP contribution in [0.25, 0.3) is 0 Å². The third kappa shape index (κ3) is 2.87. The molecule has 84 valence electrons. The van der Waals surface area contributed by atoms with Crippen molar-refractivity contribution in [1.29, 1.82) is 0 Å². The predicted molar refractivity (Wildman–Crippen MR) is 61.0 cm³/mol. The molecule has 0 radical (unpaired) electrons. The van der Waals surface area contributed by atoms with E-state index in [-0.39, 0.29) is 11.9 Å². The summed E-state index contributed by atoms with van der Waals surface area (Å²) in [5, 5.41) is 7.00. The molecule has 0 saturated carbocycles. The van der Waals surface area contributed by atoms with Gasteiger partial charge in [-0.3, -0.25) is 9.78 Å². The molecule has 0 unspecified atom stereocenters. The van der Waals surface area contributed by atoms with Gasteiger partial charge in [-0.1, -0.05) is 0 Å². The van der Waals surface area contributed by atoms with Crippen LogP contribution in [-0.2, 0) is 4.79 Å². The van der Waals surface area contributed by atoms with E-state index >= 15 is 0 Å². The summed E-state index contributed by atoms with van der Waals surface area (Å²) in [6.07, 6.45) is 6.90. The van der Waals surface area contributed by atoms with Gasteiger partial charge in [0, 0.05) is 12.4 Å². The molecule has 16 heavy (non-hydrogen) atoms. The van der Waals surface area contributed by atoms with Gasteiger partial charge in [0.25, 0.3) is 5.91 Å². The van der Waals surface area contributed by atoms with Crippen molar-refractivity contribution < 1.29 is 4.79 Å². The highest BCUT2D eigenvalue weighted by Crippen LogP contribution is 2.04. The van der Waals surface area contributed by atoms with E-state index in [1.165, 1.54) is 0 Å². The Bertz CT molecular complexity index is 371. The highest BCUT2D eigenvalue weighted by Gasteiger charge is 2.21. The van der Waals surface area contributed by atoms with Gasteiger partial charge in [0.05, 0.1) is 12.3 Å². The van der Waals surface area contributed by atoms with Crippen LogP contribution in [-0.4, -0.2) is 29.7 Å². The Labute approximate surface area is 94.0 Å². The highest BCUT2D eigenvalue weighted by molar-refractivity contribution is 5.84. The molecule has 1 aromatic heterocycles. The van der Waals surface area contributed by atoms with Crippen LogP contribution in [0.3, 0.4) is 0 Å². The van der Waals surface area contributed by atoms with Crippen LogP contribution in [0.5, 0.6) is 0 Å². The van der Waals surface area contributed by atoms with Crippen LogP contribution in [0.4, 0.5) is 0 Å². The van der Waals surface area contributed by atoms with Gasteiger partial charge in [-0.15, -0.1) is 0 Å². The second-order valence-electron chi connectivity index (χ2n) is 3.66. The maximum Gasteiger partial charge on any atom is 0.257 e. The van der Waals surface area contributed by atoms with E-state index in [4.69, 9.17) is 0 Å². The first-order valence-electron chi connectivity index (χ1n) is 5.32. The zero-order valence-electron chi connectivity index (χ0n) is 8.89. The lowest BCUT2D eigenvalue weighted by Gasteiger charge is -2.06. The summed E-state index contributed by atoms with van der Waals surface area (Å²) in [5.74, 6) is -0.0668. The molecule has 2 N–H and O–H groups in total. The van der Waals surface area contributed by atoms with Crippen LogP contribution in [0.15, 0.2) is 29.6 Å². The lowest BCUT2D eigenvalue weighted by molar-refractivity contribution is -0.122. The minimum atomic E-state index is -0.0883. The van der Waals surface area contributed by atoms with E-state index in [0.717, 1.165) is 24.9 Å². The second-order valence-corrected chi connectivity index (χ2v) is 3.66. The zero-order valence-corrected chi connectivity index (χ0v) is 8.89. The maximum absolute atomic E-state index is 11.5. The lowest BCUT2D eigenvalue weighted by Crippen LogP contribution is -2.38. The molecule has 0 bridgehead atoms. The van der Waals surface area contributed by atoms with Crippen LogP contribution in [0.1, 0.15) is 18.4 Å². The second kappa shape index (κ2) is 5.37. The molecule has 0 spiro atoms. The summed E-state index contributed by atoms with van der Waals surface area (Å²) in [6, 6.07) is 3.56. The zero-order chi connectivity index (χ0) is 11.2. The fraction of sp³-hybridized carbons (Fsp3) is 0.364. The summed E-state index contributed by atoms with van der Waals surface area (Å²) in [5.41, 5.74) is 3.43. The number of amides is 1. The Kier molecular flexibility index (Phi) is 3.61. The molecule has 5 heteroatoms. The molecule has 1 atom stereocenters. The van der Waals surface area contributed by atoms with Crippen molar-refractivity contribution in [3.05, 3.63) is 30.1 Å². The Morgan fingerprint density at radius 2 is 2.38 bits per heavy atom. The van der Waals surface area contributed by atoms with Crippen LogP contribution < -0.4 is 10.7 Å². The molecule has 1 aromatic rings. The van der Waals surface area contributed by atoms with Gasteiger partial charge >= 0.3 is 0 Å². The summed E-state index contributed by atoms with van der Waals surface area (Å²) in [4.78, 5) is 15.4. The van der Waals surface area contributed by atoms with E-state index in [1.807, 2.05) is 12.1 Å². The molecule has 0 aliphatic carbocycles. The number of hydrazone groups is 1. The number of aromatic nitrogens is 1. The first-order chi connectivity index (χ1) is 7.86. The maximum atomic E-state index is 11.5. The smallest absolute Gasteiger partial charge is 0.257 e. The van der Waals surface area contributed by atoms with Crippen LogP contribution >= 0.6 is 0 Å². The van der Waals surface area contributed by atoms with E-state index in [1.54, 1.807) is 18.6 Å². The lowest BCUT2D eigenvalue weighted by atomic mass is 10.2. The third-order valence-corrected chi connectivity index (χ3v) is 2.47. The van der Waals surface area contributed by atoms with Gasteiger partial charge < -0.3 is 5.32 Å². The van der Waals surface area contributed by atoms with E-state index in [0.29, 0.717) is 0 Å². The molecule has 1 saturated heterocycles. The van der Waals surface area contributed by atoms with Crippen LogP contribution in [0.2, 0.25) is 0 Å². The standard InChI is InChI=1S/C11H14N4O/c16-11(10-2-1-5-13-10)15-14-8-9-3-6-12-7-4-9/h3-4,6-8,10,13H,1-2,5H2,(H,15,16)/t10-/m1/s1.